The van der Waals surface area contributed by atoms with Gasteiger partial charge in [0.2, 0.25) is 0 Å². The number of halogens is 2. The van der Waals surface area contributed by atoms with Gasteiger partial charge < -0.3 is 9.47 Å². The van der Waals surface area contributed by atoms with Gasteiger partial charge in [0.1, 0.15) is 0 Å². The number of aromatic nitrogens is 1. The van der Waals surface area contributed by atoms with Crippen LogP contribution in [0.25, 0.3) is 43.9 Å². The van der Waals surface area contributed by atoms with Crippen molar-refractivity contribution in [3.8, 4) is 22.3 Å². The van der Waals surface area contributed by atoms with E-state index in [0.717, 1.165) is 55.1 Å². The largest absolute Gasteiger partial charge is 0.465 e. The first kappa shape index (κ1) is 27.3. The fourth-order valence-corrected chi connectivity index (χ4v) is 6.32. The van der Waals surface area contributed by atoms with Gasteiger partial charge in [-0.05, 0) is 77.6 Å². The van der Waals surface area contributed by atoms with Crippen molar-refractivity contribution in [1.29, 1.82) is 0 Å². The number of ether oxygens (including phenoxy) is 2. The van der Waals surface area contributed by atoms with Crippen LogP contribution < -0.4 is 0 Å². The van der Waals surface area contributed by atoms with E-state index in [2.05, 4.69) is 6.07 Å². The van der Waals surface area contributed by atoms with E-state index in [4.69, 9.17) is 37.7 Å². The van der Waals surface area contributed by atoms with E-state index in [-0.39, 0.29) is 26.1 Å². The molecule has 1 aromatic heterocycles. The van der Waals surface area contributed by atoms with Crippen molar-refractivity contribution in [2.24, 2.45) is 5.41 Å². The first-order valence-electron chi connectivity index (χ1n) is 13.6. The highest BCUT2D eigenvalue weighted by molar-refractivity contribution is 6.31. The van der Waals surface area contributed by atoms with Crippen LogP contribution in [0.15, 0.2) is 79.0 Å². The average Bonchev–Trinajstić information content (AvgIpc) is 3.39. The van der Waals surface area contributed by atoms with Gasteiger partial charge in [0.15, 0.2) is 5.41 Å². The summed E-state index contributed by atoms with van der Waals surface area (Å²) in [4.78, 5) is 32.2. The first-order valence-corrected chi connectivity index (χ1v) is 14.3. The predicted octanol–water partition coefficient (Wildman–Crippen LogP) is 8.24. The molecule has 5 nitrogen and oxygen atoms in total. The van der Waals surface area contributed by atoms with Crippen LogP contribution in [-0.4, -0.2) is 30.1 Å². The summed E-state index contributed by atoms with van der Waals surface area (Å²) in [6, 6.07) is 23.3. The normalized spacial score (nSPS) is 13.8. The van der Waals surface area contributed by atoms with Gasteiger partial charge in [-0.1, -0.05) is 65.7 Å². The predicted molar refractivity (Wildman–Crippen MR) is 163 cm³/mol. The molecule has 7 heteroatoms. The molecule has 0 radical (unpaired) electrons. The molecule has 0 saturated carbocycles. The number of pyridine rings is 1. The molecule has 41 heavy (non-hydrogen) atoms. The van der Waals surface area contributed by atoms with E-state index in [0.29, 0.717) is 10.0 Å². The Morgan fingerprint density at radius 3 is 1.80 bits per heavy atom. The van der Waals surface area contributed by atoms with Gasteiger partial charge >= 0.3 is 11.9 Å². The molecule has 6 rings (SSSR count). The Hall–Kier alpha value is -3.93. The van der Waals surface area contributed by atoms with Crippen LogP contribution in [0, 0.1) is 5.41 Å². The highest BCUT2D eigenvalue weighted by Gasteiger charge is 2.54. The molecule has 0 fully saturated rings. The monoisotopic (exact) mass is 583 g/mol. The number of hydrogen-bond donors (Lipinski definition) is 0. The van der Waals surface area contributed by atoms with Gasteiger partial charge in [0.05, 0.1) is 18.7 Å². The van der Waals surface area contributed by atoms with Gasteiger partial charge in [-0.3, -0.25) is 14.6 Å². The summed E-state index contributed by atoms with van der Waals surface area (Å²) >= 11 is 12.6. The molecule has 1 aliphatic carbocycles. The Balaban J connectivity index is 1.78. The van der Waals surface area contributed by atoms with Gasteiger partial charge in [0.25, 0.3) is 0 Å². The Morgan fingerprint density at radius 2 is 1.24 bits per heavy atom. The second kappa shape index (κ2) is 10.8. The minimum Gasteiger partial charge on any atom is -0.465 e. The fourth-order valence-electron chi connectivity index (χ4n) is 6.06. The first-order chi connectivity index (χ1) is 19.9. The summed E-state index contributed by atoms with van der Waals surface area (Å²) in [7, 11) is 0. The number of para-hydroxylation sites is 1. The molecule has 0 spiro atoms. The Labute approximate surface area is 248 Å². The zero-order valence-electron chi connectivity index (χ0n) is 22.7. The molecule has 0 amide bonds. The van der Waals surface area contributed by atoms with Gasteiger partial charge in [-0.25, -0.2) is 0 Å². The van der Waals surface area contributed by atoms with Crippen LogP contribution in [0.5, 0.6) is 0 Å². The summed E-state index contributed by atoms with van der Waals surface area (Å²) in [5, 5.41) is 4.11. The summed E-state index contributed by atoms with van der Waals surface area (Å²) < 4.78 is 11.1. The number of esters is 2. The van der Waals surface area contributed by atoms with Crippen molar-refractivity contribution in [2.75, 3.05) is 13.2 Å². The molecule has 0 atom stereocenters. The number of rotatable bonds is 6. The van der Waals surface area contributed by atoms with Crippen molar-refractivity contribution < 1.29 is 19.1 Å². The lowest BCUT2D eigenvalue weighted by Gasteiger charge is -2.24. The molecule has 0 bridgehead atoms. The number of hydrogen-bond acceptors (Lipinski definition) is 5. The van der Waals surface area contributed by atoms with E-state index < -0.39 is 17.4 Å². The lowest BCUT2D eigenvalue weighted by molar-refractivity contribution is -0.171. The third-order valence-corrected chi connectivity index (χ3v) is 8.32. The summed E-state index contributed by atoms with van der Waals surface area (Å²) in [5.74, 6) is -1.16. The molecule has 0 saturated heterocycles. The standard InChI is InChI=1S/C34H27Cl2NO4/c1-3-40-32(38)34(33(39)41-4-2)17-25-26(18-34)30(21-11-15-23(36)16-12-21)31-24-7-5-6-8-28(24)37-19-27(31)29(25)20-9-13-22(35)14-10-20/h5-16,19H,3-4,17-18H2,1-2H3. The minimum atomic E-state index is -1.52. The van der Waals surface area contributed by atoms with Crippen LogP contribution in [0.2, 0.25) is 10.0 Å². The average molecular weight is 584 g/mol. The van der Waals surface area contributed by atoms with Crippen LogP contribution >= 0.6 is 23.2 Å². The highest BCUT2D eigenvalue weighted by atomic mass is 35.5. The van der Waals surface area contributed by atoms with Crippen molar-refractivity contribution in [1.82, 2.24) is 4.98 Å². The third kappa shape index (κ3) is 4.54. The van der Waals surface area contributed by atoms with Crippen LogP contribution in [0.3, 0.4) is 0 Å². The number of benzene rings is 4. The Bertz CT molecular complexity index is 1800. The van der Waals surface area contributed by atoms with E-state index in [1.165, 1.54) is 0 Å². The van der Waals surface area contributed by atoms with E-state index in [1.54, 1.807) is 13.8 Å². The van der Waals surface area contributed by atoms with E-state index in [1.807, 2.05) is 72.9 Å². The number of nitrogens with zero attached hydrogens (tertiary/aromatic N) is 1. The second-order valence-corrected chi connectivity index (χ2v) is 11.0. The molecule has 206 valence electrons. The molecule has 0 unspecified atom stereocenters. The zero-order chi connectivity index (χ0) is 28.7. The number of carbonyl (C=O) groups is 2. The van der Waals surface area contributed by atoms with E-state index in [9.17, 15) is 9.59 Å². The summed E-state index contributed by atoms with van der Waals surface area (Å²) in [6.45, 7) is 3.79. The van der Waals surface area contributed by atoms with Gasteiger partial charge in [-0.2, -0.15) is 0 Å². The SMILES string of the molecule is CCOC(=O)C1(C(=O)OCC)Cc2c(c(-c3ccc(Cl)cc3)c3c(cnc4ccccc43)c2-c2ccc(Cl)cc2)C1. The van der Waals surface area contributed by atoms with Crippen molar-refractivity contribution in [2.45, 2.75) is 26.7 Å². The molecular formula is C34H27Cl2NO4. The quantitative estimate of drug-likeness (QED) is 0.114. The molecule has 5 aromatic rings. The van der Waals surface area contributed by atoms with Crippen LogP contribution in [-0.2, 0) is 31.9 Å². The van der Waals surface area contributed by atoms with Crippen molar-refractivity contribution >= 4 is 56.8 Å². The smallest absolute Gasteiger partial charge is 0.324 e. The third-order valence-electron chi connectivity index (χ3n) is 7.82. The lowest BCUT2D eigenvalue weighted by atomic mass is 9.84. The minimum absolute atomic E-state index is 0.140. The maximum Gasteiger partial charge on any atom is 0.324 e. The summed E-state index contributed by atoms with van der Waals surface area (Å²) in [6.07, 6.45) is 2.17. The second-order valence-electron chi connectivity index (χ2n) is 10.2. The molecule has 0 aliphatic heterocycles. The maximum atomic E-state index is 13.7. The number of fused-ring (bicyclic) bond motifs is 4. The maximum absolute atomic E-state index is 13.7. The molecule has 4 aromatic carbocycles. The van der Waals surface area contributed by atoms with Crippen LogP contribution in [0.1, 0.15) is 25.0 Å². The van der Waals surface area contributed by atoms with Crippen molar-refractivity contribution in [3.05, 3.63) is 100 Å². The Morgan fingerprint density at radius 1 is 0.732 bits per heavy atom. The fraction of sp³-hybridized carbons (Fsp3) is 0.206. The zero-order valence-corrected chi connectivity index (χ0v) is 24.2. The topological polar surface area (TPSA) is 65.5 Å². The van der Waals surface area contributed by atoms with Gasteiger partial charge in [0, 0.05) is 45.2 Å². The van der Waals surface area contributed by atoms with E-state index >= 15 is 0 Å². The lowest BCUT2D eigenvalue weighted by Crippen LogP contribution is -2.43. The molecule has 1 heterocycles. The highest BCUT2D eigenvalue weighted by Crippen LogP contribution is 2.52. The van der Waals surface area contributed by atoms with Crippen molar-refractivity contribution in [3.63, 3.8) is 0 Å². The Kier molecular flexibility index (Phi) is 7.18. The number of carbonyl (C=O) groups excluding carboxylic acids is 2. The molecular weight excluding hydrogens is 557 g/mol. The van der Waals surface area contributed by atoms with Gasteiger partial charge in [-0.15, -0.1) is 0 Å². The summed E-state index contributed by atoms with van der Waals surface area (Å²) in [5.41, 5.74) is 4.83. The molecule has 0 N–H and O–H groups in total. The molecule has 1 aliphatic rings. The van der Waals surface area contributed by atoms with Crippen LogP contribution in [0.4, 0.5) is 0 Å².